The van der Waals surface area contributed by atoms with Crippen LogP contribution < -0.4 is 0 Å². The maximum atomic E-state index is 9.87. The number of hydrogen-bond acceptors (Lipinski definition) is 2. The molecule has 0 saturated heterocycles. The van der Waals surface area contributed by atoms with Gasteiger partial charge in [-0.1, -0.05) is 12.1 Å². The summed E-state index contributed by atoms with van der Waals surface area (Å²) in [5.41, 5.74) is 2.11. The fraction of sp³-hybridized carbons (Fsp3) is 0.417. The van der Waals surface area contributed by atoms with Crippen LogP contribution in [0.15, 0.2) is 30.6 Å². The molecular formula is C12H14N2O. The topological polar surface area (TPSA) is 38.0 Å². The van der Waals surface area contributed by atoms with E-state index in [2.05, 4.69) is 4.98 Å². The van der Waals surface area contributed by atoms with Crippen molar-refractivity contribution in [2.45, 2.75) is 25.5 Å². The lowest BCUT2D eigenvalue weighted by Gasteiger charge is -2.10. The van der Waals surface area contributed by atoms with Crippen LogP contribution in [-0.4, -0.2) is 20.8 Å². The monoisotopic (exact) mass is 202 g/mol. The van der Waals surface area contributed by atoms with Gasteiger partial charge >= 0.3 is 0 Å². The SMILES string of the molecule is OC(Cn1cnc2ccccc21)C1CC1. The van der Waals surface area contributed by atoms with Crippen molar-refractivity contribution in [2.75, 3.05) is 0 Å². The highest BCUT2D eigenvalue weighted by Gasteiger charge is 2.29. The van der Waals surface area contributed by atoms with Gasteiger partial charge in [-0.2, -0.15) is 0 Å². The molecule has 2 aromatic rings. The summed E-state index contributed by atoms with van der Waals surface area (Å²) >= 11 is 0. The summed E-state index contributed by atoms with van der Waals surface area (Å²) in [7, 11) is 0. The second-order valence-electron chi connectivity index (χ2n) is 4.29. The third-order valence-corrected chi connectivity index (χ3v) is 3.08. The third-order valence-electron chi connectivity index (χ3n) is 3.08. The van der Waals surface area contributed by atoms with E-state index in [1.54, 1.807) is 0 Å². The number of aromatic nitrogens is 2. The van der Waals surface area contributed by atoms with Gasteiger partial charge in [-0.15, -0.1) is 0 Å². The van der Waals surface area contributed by atoms with Crippen molar-refractivity contribution in [3.8, 4) is 0 Å². The van der Waals surface area contributed by atoms with E-state index in [-0.39, 0.29) is 6.10 Å². The molecule has 0 bridgehead atoms. The van der Waals surface area contributed by atoms with Crippen LogP contribution in [0.2, 0.25) is 0 Å². The summed E-state index contributed by atoms with van der Waals surface area (Å²) in [5, 5.41) is 9.87. The van der Waals surface area contributed by atoms with Gasteiger partial charge in [0.05, 0.1) is 30.0 Å². The molecule has 0 aliphatic heterocycles. The lowest BCUT2D eigenvalue weighted by Crippen LogP contribution is -2.17. The minimum atomic E-state index is -0.206. The van der Waals surface area contributed by atoms with Crippen molar-refractivity contribution in [3.05, 3.63) is 30.6 Å². The number of aliphatic hydroxyl groups is 1. The van der Waals surface area contributed by atoms with Gasteiger partial charge in [0.1, 0.15) is 0 Å². The van der Waals surface area contributed by atoms with Crippen molar-refractivity contribution in [1.29, 1.82) is 0 Å². The smallest absolute Gasteiger partial charge is 0.0959 e. The van der Waals surface area contributed by atoms with Crippen molar-refractivity contribution >= 4 is 11.0 Å². The third kappa shape index (κ3) is 1.63. The van der Waals surface area contributed by atoms with E-state index in [1.165, 1.54) is 12.8 Å². The van der Waals surface area contributed by atoms with Gasteiger partial charge in [-0.05, 0) is 30.9 Å². The van der Waals surface area contributed by atoms with E-state index in [1.807, 2.05) is 35.2 Å². The first kappa shape index (κ1) is 8.92. The standard InChI is InChI=1S/C12H14N2O/c15-12(9-5-6-9)7-14-8-13-10-3-1-2-4-11(10)14/h1-4,8-9,12,15H,5-7H2. The van der Waals surface area contributed by atoms with E-state index < -0.39 is 0 Å². The fourth-order valence-corrected chi connectivity index (χ4v) is 1.99. The summed E-state index contributed by atoms with van der Waals surface area (Å²) < 4.78 is 2.04. The molecule has 15 heavy (non-hydrogen) atoms. The van der Waals surface area contributed by atoms with Gasteiger partial charge in [-0.25, -0.2) is 4.98 Å². The lowest BCUT2D eigenvalue weighted by atomic mass is 10.2. The molecule has 0 radical (unpaired) electrons. The first-order chi connectivity index (χ1) is 7.34. The molecule has 1 unspecified atom stereocenters. The van der Waals surface area contributed by atoms with Crippen molar-refractivity contribution in [3.63, 3.8) is 0 Å². The highest BCUT2D eigenvalue weighted by atomic mass is 16.3. The second kappa shape index (κ2) is 3.35. The van der Waals surface area contributed by atoms with E-state index in [9.17, 15) is 5.11 Å². The van der Waals surface area contributed by atoms with E-state index >= 15 is 0 Å². The van der Waals surface area contributed by atoms with Crippen LogP contribution in [0.1, 0.15) is 12.8 Å². The largest absolute Gasteiger partial charge is 0.391 e. The Labute approximate surface area is 88.4 Å². The molecule has 1 fully saturated rings. The Morgan fingerprint density at radius 2 is 2.20 bits per heavy atom. The van der Waals surface area contributed by atoms with E-state index in [4.69, 9.17) is 0 Å². The van der Waals surface area contributed by atoms with Gasteiger partial charge < -0.3 is 9.67 Å². The molecule has 0 spiro atoms. The quantitative estimate of drug-likeness (QED) is 0.824. The minimum Gasteiger partial charge on any atom is -0.391 e. The van der Waals surface area contributed by atoms with Crippen LogP contribution in [-0.2, 0) is 6.54 Å². The molecule has 1 atom stereocenters. The van der Waals surface area contributed by atoms with Gasteiger partial charge in [0.25, 0.3) is 0 Å². The first-order valence-electron chi connectivity index (χ1n) is 5.42. The van der Waals surface area contributed by atoms with Crippen molar-refractivity contribution in [2.24, 2.45) is 5.92 Å². The highest BCUT2D eigenvalue weighted by molar-refractivity contribution is 5.74. The van der Waals surface area contributed by atoms with Gasteiger partial charge in [-0.3, -0.25) is 0 Å². The van der Waals surface area contributed by atoms with Crippen molar-refractivity contribution < 1.29 is 5.11 Å². The Kier molecular flexibility index (Phi) is 1.99. The van der Waals surface area contributed by atoms with E-state index in [0.29, 0.717) is 12.5 Å². The number of hydrogen-bond donors (Lipinski definition) is 1. The molecule has 1 N–H and O–H groups in total. The highest BCUT2D eigenvalue weighted by Crippen LogP contribution is 2.33. The molecule has 1 aromatic heterocycles. The van der Waals surface area contributed by atoms with E-state index in [0.717, 1.165) is 11.0 Å². The Balaban J connectivity index is 1.90. The second-order valence-corrected chi connectivity index (χ2v) is 4.29. The first-order valence-corrected chi connectivity index (χ1v) is 5.42. The number of fused-ring (bicyclic) bond motifs is 1. The summed E-state index contributed by atoms with van der Waals surface area (Å²) in [6.45, 7) is 0.672. The molecule has 1 heterocycles. The molecule has 1 aliphatic rings. The summed E-state index contributed by atoms with van der Waals surface area (Å²) in [5.74, 6) is 0.520. The van der Waals surface area contributed by atoms with Crippen molar-refractivity contribution in [1.82, 2.24) is 9.55 Å². The molecule has 1 saturated carbocycles. The maximum Gasteiger partial charge on any atom is 0.0959 e. The lowest BCUT2D eigenvalue weighted by molar-refractivity contribution is 0.133. The Morgan fingerprint density at radius 3 is 3.00 bits per heavy atom. The Bertz CT molecular complexity index is 473. The molecule has 3 rings (SSSR count). The molecule has 3 heteroatoms. The molecular weight excluding hydrogens is 188 g/mol. The molecule has 1 aromatic carbocycles. The zero-order valence-electron chi connectivity index (χ0n) is 8.50. The van der Waals surface area contributed by atoms with Gasteiger partial charge in [0.15, 0.2) is 0 Å². The van der Waals surface area contributed by atoms with Gasteiger partial charge in [0, 0.05) is 0 Å². The number of imidazole rings is 1. The Hall–Kier alpha value is -1.35. The van der Waals surface area contributed by atoms with Gasteiger partial charge in [0.2, 0.25) is 0 Å². The van der Waals surface area contributed by atoms with Crippen LogP contribution >= 0.6 is 0 Å². The molecule has 3 nitrogen and oxygen atoms in total. The number of benzene rings is 1. The molecule has 1 aliphatic carbocycles. The predicted molar refractivity (Wildman–Crippen MR) is 58.5 cm³/mol. The summed E-state index contributed by atoms with van der Waals surface area (Å²) in [4.78, 5) is 4.30. The predicted octanol–water partition coefficient (Wildman–Crippen LogP) is 1.81. The number of nitrogens with zero attached hydrogens (tertiary/aromatic N) is 2. The van der Waals surface area contributed by atoms with Crippen LogP contribution in [0, 0.1) is 5.92 Å². The Morgan fingerprint density at radius 1 is 1.40 bits per heavy atom. The summed E-state index contributed by atoms with van der Waals surface area (Å²) in [6.07, 6.45) is 3.96. The van der Waals surface area contributed by atoms with Crippen LogP contribution in [0.5, 0.6) is 0 Å². The minimum absolute atomic E-state index is 0.206. The molecule has 0 amide bonds. The number of rotatable bonds is 3. The number of aliphatic hydroxyl groups excluding tert-OH is 1. The summed E-state index contributed by atoms with van der Waals surface area (Å²) in [6, 6.07) is 8.03. The fourth-order valence-electron chi connectivity index (χ4n) is 1.99. The average Bonchev–Trinajstić information content (AvgIpc) is 3.03. The normalized spacial score (nSPS) is 18.2. The average molecular weight is 202 g/mol. The zero-order chi connectivity index (χ0) is 10.3. The molecule has 78 valence electrons. The zero-order valence-corrected chi connectivity index (χ0v) is 8.50. The number of para-hydroxylation sites is 2. The maximum absolute atomic E-state index is 9.87. The van der Waals surface area contributed by atoms with Crippen LogP contribution in [0.25, 0.3) is 11.0 Å². The van der Waals surface area contributed by atoms with Crippen LogP contribution in [0.3, 0.4) is 0 Å². The van der Waals surface area contributed by atoms with Crippen LogP contribution in [0.4, 0.5) is 0 Å².